The Morgan fingerprint density at radius 1 is 1.21 bits per heavy atom. The summed E-state index contributed by atoms with van der Waals surface area (Å²) >= 11 is 0. The quantitative estimate of drug-likeness (QED) is 0.315. The summed E-state index contributed by atoms with van der Waals surface area (Å²) in [5.41, 5.74) is 0.846. The van der Waals surface area contributed by atoms with Crippen LogP contribution in [0.2, 0.25) is 0 Å². The van der Waals surface area contributed by atoms with Gasteiger partial charge in [-0.3, -0.25) is 0 Å². The molecule has 0 saturated carbocycles. The van der Waals surface area contributed by atoms with E-state index in [1.54, 1.807) is 30.3 Å². The number of hydrogen-bond donors (Lipinski definition) is 2. The molecule has 1 aromatic heterocycles. The minimum absolute atomic E-state index is 0. The zero-order chi connectivity index (χ0) is 19.9. The van der Waals surface area contributed by atoms with Crippen molar-refractivity contribution in [2.24, 2.45) is 4.99 Å². The summed E-state index contributed by atoms with van der Waals surface area (Å²) in [4.78, 5) is 9.12. The number of nitrogens with zero attached hydrogens (tertiary/aromatic N) is 2. The first-order chi connectivity index (χ1) is 12.9. The van der Waals surface area contributed by atoms with Gasteiger partial charge in [0.15, 0.2) is 15.8 Å². The van der Waals surface area contributed by atoms with Crippen LogP contribution in [0.15, 0.2) is 44.6 Å². The first-order valence-electron chi connectivity index (χ1n) is 9.11. The Hall–Kier alpha value is -1.62. The molecule has 0 amide bonds. The van der Waals surface area contributed by atoms with Crippen LogP contribution in [0.5, 0.6) is 0 Å². The van der Waals surface area contributed by atoms with Crippen LogP contribution in [0.1, 0.15) is 37.6 Å². The summed E-state index contributed by atoms with van der Waals surface area (Å²) in [6.07, 6.45) is 0.647. The summed E-state index contributed by atoms with van der Waals surface area (Å²) in [5.74, 6) is 1.85. The highest BCUT2D eigenvalue weighted by Gasteiger charge is 2.21. The summed E-state index contributed by atoms with van der Waals surface area (Å²) in [5, 5.41) is 6.35. The highest BCUT2D eigenvalue weighted by Crippen LogP contribution is 2.13. The van der Waals surface area contributed by atoms with Gasteiger partial charge in [0, 0.05) is 12.6 Å². The molecule has 2 N–H and O–H groups in total. The molecule has 0 bridgehead atoms. The first kappa shape index (κ1) is 24.4. The van der Waals surface area contributed by atoms with Gasteiger partial charge in [0.2, 0.25) is 5.89 Å². The summed E-state index contributed by atoms with van der Waals surface area (Å²) in [6.45, 7) is 8.60. The van der Waals surface area contributed by atoms with Gasteiger partial charge in [-0.25, -0.2) is 18.4 Å². The molecule has 1 unspecified atom stereocenters. The van der Waals surface area contributed by atoms with Crippen LogP contribution in [-0.2, 0) is 16.4 Å². The molecule has 2 rings (SSSR count). The smallest absolute Gasteiger partial charge is 0.216 e. The fourth-order valence-corrected chi connectivity index (χ4v) is 4.13. The molecule has 1 aromatic carbocycles. The lowest BCUT2D eigenvalue weighted by atomic mass is 10.3. The Labute approximate surface area is 184 Å². The van der Waals surface area contributed by atoms with Gasteiger partial charge >= 0.3 is 0 Å². The Balaban J connectivity index is 0.00000392. The Morgan fingerprint density at radius 2 is 1.89 bits per heavy atom. The second-order valence-electron chi connectivity index (χ2n) is 6.29. The van der Waals surface area contributed by atoms with Crippen molar-refractivity contribution in [3.05, 3.63) is 47.7 Å². The molecule has 0 saturated heterocycles. The number of rotatable bonds is 8. The molecule has 0 fully saturated rings. The molecule has 9 heteroatoms. The second-order valence-corrected chi connectivity index (χ2v) is 8.32. The third-order valence-electron chi connectivity index (χ3n) is 4.15. The minimum atomic E-state index is -3.38. The van der Waals surface area contributed by atoms with Gasteiger partial charge in [0.1, 0.15) is 12.3 Å². The largest absolute Gasteiger partial charge is 0.444 e. The number of aryl methyl sites for hydroxylation is 2. The Bertz CT molecular complexity index is 847. The van der Waals surface area contributed by atoms with Crippen molar-refractivity contribution in [1.82, 2.24) is 15.6 Å². The number of guanidine groups is 1. The summed E-state index contributed by atoms with van der Waals surface area (Å²) in [6, 6.07) is 8.24. The van der Waals surface area contributed by atoms with Gasteiger partial charge in [-0.15, -0.1) is 24.0 Å². The van der Waals surface area contributed by atoms with E-state index in [4.69, 9.17) is 4.42 Å². The number of benzene rings is 1. The van der Waals surface area contributed by atoms with Crippen LogP contribution in [0.3, 0.4) is 0 Å². The summed E-state index contributed by atoms with van der Waals surface area (Å²) in [7, 11) is -3.38. The molecule has 0 aliphatic heterocycles. The van der Waals surface area contributed by atoms with Crippen molar-refractivity contribution >= 4 is 39.8 Å². The highest BCUT2D eigenvalue weighted by atomic mass is 127. The number of nitrogens with one attached hydrogen (secondary N) is 2. The van der Waals surface area contributed by atoms with E-state index in [-0.39, 0.29) is 42.3 Å². The number of hydrogen-bond acceptors (Lipinski definition) is 5. The molecular formula is C19H29IN4O3S. The highest BCUT2D eigenvalue weighted by molar-refractivity contribution is 14.0. The van der Waals surface area contributed by atoms with E-state index in [9.17, 15) is 8.42 Å². The van der Waals surface area contributed by atoms with E-state index in [1.165, 1.54) is 0 Å². The molecule has 156 valence electrons. The van der Waals surface area contributed by atoms with E-state index in [0.717, 1.165) is 11.5 Å². The van der Waals surface area contributed by atoms with Gasteiger partial charge in [-0.05, 0) is 39.3 Å². The Morgan fingerprint density at radius 3 is 2.43 bits per heavy atom. The number of aliphatic imine (C=N–C) groups is 1. The predicted octanol–water partition coefficient (Wildman–Crippen LogP) is 3.22. The van der Waals surface area contributed by atoms with Crippen molar-refractivity contribution in [2.75, 3.05) is 12.3 Å². The molecule has 7 nitrogen and oxygen atoms in total. The monoisotopic (exact) mass is 520 g/mol. The van der Waals surface area contributed by atoms with Crippen molar-refractivity contribution in [2.45, 2.75) is 51.6 Å². The molecule has 0 aliphatic carbocycles. The topological polar surface area (TPSA) is 96.6 Å². The van der Waals surface area contributed by atoms with Crippen molar-refractivity contribution in [3.63, 3.8) is 0 Å². The van der Waals surface area contributed by atoms with Crippen LogP contribution >= 0.6 is 24.0 Å². The SMILES string of the molecule is CCNC(=NCc1nc(C)c(C)o1)NC(CC)CS(=O)(=O)c1ccccc1.I. The van der Waals surface area contributed by atoms with E-state index in [2.05, 4.69) is 20.6 Å². The maximum Gasteiger partial charge on any atom is 0.216 e. The number of oxazole rings is 1. The molecule has 2 aromatic rings. The first-order valence-corrected chi connectivity index (χ1v) is 10.8. The van der Waals surface area contributed by atoms with Crippen molar-refractivity contribution < 1.29 is 12.8 Å². The Kier molecular flexibility index (Phi) is 9.94. The zero-order valence-corrected chi connectivity index (χ0v) is 19.9. The van der Waals surface area contributed by atoms with Crippen molar-refractivity contribution in [3.8, 4) is 0 Å². The third-order valence-corrected chi connectivity index (χ3v) is 5.98. The zero-order valence-electron chi connectivity index (χ0n) is 16.7. The molecule has 0 spiro atoms. The van der Waals surface area contributed by atoms with Gasteiger partial charge in [-0.1, -0.05) is 25.1 Å². The van der Waals surface area contributed by atoms with E-state index in [1.807, 2.05) is 27.7 Å². The molecular weight excluding hydrogens is 491 g/mol. The van der Waals surface area contributed by atoms with Gasteiger partial charge in [0.25, 0.3) is 0 Å². The average Bonchev–Trinajstić information content (AvgIpc) is 2.97. The van der Waals surface area contributed by atoms with E-state index < -0.39 is 9.84 Å². The maximum absolute atomic E-state index is 12.6. The number of halogens is 1. The van der Waals surface area contributed by atoms with Crippen molar-refractivity contribution in [1.29, 1.82) is 0 Å². The van der Waals surface area contributed by atoms with Crippen LogP contribution in [0.4, 0.5) is 0 Å². The fourth-order valence-electron chi connectivity index (χ4n) is 2.52. The van der Waals surface area contributed by atoms with Gasteiger partial charge in [-0.2, -0.15) is 0 Å². The molecule has 0 radical (unpaired) electrons. The minimum Gasteiger partial charge on any atom is -0.444 e. The third kappa shape index (κ3) is 7.08. The van der Waals surface area contributed by atoms with E-state index >= 15 is 0 Å². The molecule has 1 atom stereocenters. The lowest BCUT2D eigenvalue weighted by Crippen LogP contribution is -2.46. The lowest BCUT2D eigenvalue weighted by Gasteiger charge is -2.20. The van der Waals surface area contributed by atoms with Gasteiger partial charge in [0.05, 0.1) is 16.3 Å². The van der Waals surface area contributed by atoms with Gasteiger partial charge < -0.3 is 15.1 Å². The maximum atomic E-state index is 12.6. The van der Waals surface area contributed by atoms with Crippen LogP contribution in [0.25, 0.3) is 0 Å². The predicted molar refractivity (Wildman–Crippen MR) is 122 cm³/mol. The second kappa shape index (κ2) is 11.4. The normalized spacial score (nSPS) is 12.9. The fraction of sp³-hybridized carbons (Fsp3) is 0.474. The standard InChI is InChI=1S/C19H28N4O3S.HI/c1-5-16(13-27(24,25)17-10-8-7-9-11-17)23-19(20-6-2)21-12-18-22-14(3)15(4)26-18;/h7-11,16H,5-6,12-13H2,1-4H3,(H2,20,21,23);1H. The summed E-state index contributed by atoms with van der Waals surface area (Å²) < 4.78 is 30.8. The van der Waals surface area contributed by atoms with Crippen LogP contribution in [-0.4, -0.2) is 37.7 Å². The van der Waals surface area contributed by atoms with E-state index in [0.29, 0.717) is 29.7 Å². The molecule has 1 heterocycles. The lowest BCUT2D eigenvalue weighted by molar-refractivity contribution is 0.472. The molecule has 28 heavy (non-hydrogen) atoms. The van der Waals surface area contributed by atoms with Crippen LogP contribution < -0.4 is 10.6 Å². The number of aromatic nitrogens is 1. The average molecular weight is 520 g/mol. The van der Waals surface area contributed by atoms with Crippen LogP contribution in [0, 0.1) is 13.8 Å². The number of sulfone groups is 1. The molecule has 0 aliphatic rings.